The van der Waals surface area contributed by atoms with Crippen LogP contribution in [0.4, 0.5) is 0 Å². The van der Waals surface area contributed by atoms with E-state index in [1.807, 2.05) is 6.07 Å². The van der Waals surface area contributed by atoms with E-state index in [2.05, 4.69) is 130 Å². The summed E-state index contributed by atoms with van der Waals surface area (Å²) in [4.78, 5) is 4.92. The first-order valence-electron chi connectivity index (χ1n) is 11.1. The van der Waals surface area contributed by atoms with E-state index in [1.165, 1.54) is 38.7 Å². The molecule has 3 aromatic carbocycles. The fourth-order valence-electron chi connectivity index (χ4n) is 5.57. The van der Waals surface area contributed by atoms with Crippen molar-refractivity contribution in [2.75, 3.05) is 0 Å². The number of para-hydroxylation sites is 1. The Balaban J connectivity index is 1.76. The molecular weight excluding hydrogens is 468 g/mol. The molecule has 6 aromatic rings. The standard InChI is InChI=1S/C30H19BrN2/c31-26-16-15-21-19-20-17-18-30(22-9-3-1-4-10-22,23-11-5-2-6-12-23)27-24-13-7-8-14-25(24)33(28(20)27)29(21)32-26/h1-19H. The van der Waals surface area contributed by atoms with Gasteiger partial charge >= 0.3 is 0 Å². The van der Waals surface area contributed by atoms with Gasteiger partial charge in [-0.2, -0.15) is 0 Å². The van der Waals surface area contributed by atoms with Gasteiger partial charge in [-0.3, -0.25) is 4.40 Å². The molecule has 3 heteroatoms. The number of rotatable bonds is 2. The number of benzene rings is 3. The van der Waals surface area contributed by atoms with Crippen LogP contribution in [0.25, 0.3) is 33.5 Å². The van der Waals surface area contributed by atoms with E-state index in [0.717, 1.165) is 15.6 Å². The molecule has 2 nitrogen and oxygen atoms in total. The van der Waals surface area contributed by atoms with Crippen LogP contribution in [-0.4, -0.2) is 9.38 Å². The molecule has 0 spiro atoms. The molecule has 0 atom stereocenters. The van der Waals surface area contributed by atoms with Gasteiger partial charge in [0.25, 0.3) is 0 Å². The van der Waals surface area contributed by atoms with Gasteiger partial charge < -0.3 is 0 Å². The normalized spacial score (nSPS) is 14.3. The number of allylic oxidation sites excluding steroid dienone is 1. The van der Waals surface area contributed by atoms with Gasteiger partial charge in [-0.1, -0.05) is 91.0 Å². The molecule has 1 aliphatic carbocycles. The number of aromatic nitrogens is 2. The molecule has 0 amide bonds. The molecule has 0 saturated carbocycles. The Morgan fingerprint density at radius 1 is 0.727 bits per heavy atom. The summed E-state index contributed by atoms with van der Waals surface area (Å²) in [6, 6.07) is 36.9. The number of pyridine rings is 2. The molecule has 156 valence electrons. The quantitative estimate of drug-likeness (QED) is 0.228. The van der Waals surface area contributed by atoms with Crippen LogP contribution in [-0.2, 0) is 5.41 Å². The second-order valence-corrected chi connectivity index (χ2v) is 9.41. The zero-order valence-corrected chi connectivity index (χ0v) is 19.3. The Labute approximate surface area is 200 Å². The second kappa shape index (κ2) is 6.90. The molecule has 0 N–H and O–H groups in total. The van der Waals surface area contributed by atoms with Gasteiger partial charge in [-0.15, -0.1) is 0 Å². The largest absolute Gasteiger partial charge is 0.293 e. The lowest BCUT2D eigenvalue weighted by Crippen LogP contribution is -2.28. The van der Waals surface area contributed by atoms with E-state index in [0.29, 0.717) is 0 Å². The Morgan fingerprint density at radius 2 is 1.39 bits per heavy atom. The number of nitrogens with zero attached hydrogens (tertiary/aromatic N) is 2. The highest BCUT2D eigenvalue weighted by Gasteiger charge is 2.40. The molecule has 0 aliphatic heterocycles. The molecule has 0 fully saturated rings. The lowest BCUT2D eigenvalue weighted by molar-refractivity contribution is 0.793. The molecule has 0 unspecified atom stereocenters. The molecule has 7 rings (SSSR count). The first-order chi connectivity index (χ1) is 16.3. The predicted octanol–water partition coefficient (Wildman–Crippen LogP) is 7.76. The summed E-state index contributed by atoms with van der Waals surface area (Å²) in [7, 11) is 0. The molecule has 3 heterocycles. The van der Waals surface area contributed by atoms with E-state index < -0.39 is 5.41 Å². The SMILES string of the molecule is Brc1ccc2cc3c4c(c5ccccc5n4c2n1)C(c1ccccc1)(c1ccccc1)C=C3. The van der Waals surface area contributed by atoms with Crippen LogP contribution in [0.1, 0.15) is 22.3 Å². The Kier molecular flexibility index (Phi) is 3.94. The molecule has 0 radical (unpaired) electrons. The lowest BCUT2D eigenvalue weighted by Gasteiger charge is -2.35. The average Bonchev–Trinajstić information content (AvgIpc) is 3.23. The summed E-state index contributed by atoms with van der Waals surface area (Å²) in [6.07, 6.45) is 4.68. The van der Waals surface area contributed by atoms with E-state index in [4.69, 9.17) is 4.98 Å². The Bertz CT molecular complexity index is 1670. The van der Waals surface area contributed by atoms with Gasteiger partial charge in [0.15, 0.2) is 0 Å². The van der Waals surface area contributed by atoms with Gasteiger partial charge in [-0.25, -0.2) is 4.98 Å². The van der Waals surface area contributed by atoms with Crippen LogP contribution in [0, 0.1) is 0 Å². The summed E-state index contributed by atoms with van der Waals surface area (Å²) in [5, 5.41) is 2.38. The third-order valence-corrected chi connectivity index (χ3v) is 7.35. The van der Waals surface area contributed by atoms with Crippen LogP contribution >= 0.6 is 15.9 Å². The highest BCUT2D eigenvalue weighted by molar-refractivity contribution is 9.10. The summed E-state index contributed by atoms with van der Waals surface area (Å²) < 4.78 is 3.19. The Hall–Kier alpha value is -3.69. The minimum Gasteiger partial charge on any atom is -0.293 e. The van der Waals surface area contributed by atoms with Gasteiger partial charge in [0.2, 0.25) is 0 Å². The summed E-state index contributed by atoms with van der Waals surface area (Å²) in [5.41, 5.74) is 8.04. The van der Waals surface area contributed by atoms with Crippen molar-refractivity contribution in [3.05, 3.63) is 136 Å². The number of halogens is 1. The monoisotopic (exact) mass is 486 g/mol. The summed E-state index contributed by atoms with van der Waals surface area (Å²) in [6.45, 7) is 0. The van der Waals surface area contributed by atoms with Crippen LogP contribution in [0.5, 0.6) is 0 Å². The van der Waals surface area contributed by atoms with Gasteiger partial charge in [-0.05, 0) is 56.9 Å². The zero-order valence-electron chi connectivity index (χ0n) is 17.7. The highest BCUT2D eigenvalue weighted by Crippen LogP contribution is 2.50. The molecule has 3 aromatic heterocycles. The van der Waals surface area contributed by atoms with E-state index in [1.54, 1.807) is 0 Å². The minimum absolute atomic E-state index is 0.399. The third kappa shape index (κ3) is 2.51. The van der Waals surface area contributed by atoms with Crippen LogP contribution in [0.15, 0.2) is 114 Å². The smallest absolute Gasteiger partial charge is 0.146 e. The second-order valence-electron chi connectivity index (χ2n) is 8.60. The first kappa shape index (κ1) is 18.8. The van der Waals surface area contributed by atoms with Crippen LogP contribution in [0.2, 0.25) is 0 Å². The molecule has 1 aliphatic rings. The van der Waals surface area contributed by atoms with E-state index in [-0.39, 0.29) is 0 Å². The number of fused-ring (bicyclic) bond motifs is 5. The number of hydrogen-bond acceptors (Lipinski definition) is 1. The van der Waals surface area contributed by atoms with Crippen LogP contribution < -0.4 is 0 Å². The van der Waals surface area contributed by atoms with E-state index in [9.17, 15) is 0 Å². The summed E-state index contributed by atoms with van der Waals surface area (Å²) in [5.74, 6) is 0. The number of hydrogen-bond donors (Lipinski definition) is 0. The predicted molar refractivity (Wildman–Crippen MR) is 140 cm³/mol. The Morgan fingerprint density at radius 3 is 2.12 bits per heavy atom. The van der Waals surface area contributed by atoms with Crippen molar-refractivity contribution in [2.45, 2.75) is 5.41 Å². The van der Waals surface area contributed by atoms with Crippen molar-refractivity contribution >= 4 is 49.5 Å². The maximum absolute atomic E-state index is 4.92. The topological polar surface area (TPSA) is 17.3 Å². The fourth-order valence-corrected chi connectivity index (χ4v) is 5.87. The maximum atomic E-state index is 4.92. The van der Waals surface area contributed by atoms with Crippen LogP contribution in [0.3, 0.4) is 0 Å². The third-order valence-electron chi connectivity index (χ3n) is 6.91. The van der Waals surface area contributed by atoms with E-state index >= 15 is 0 Å². The van der Waals surface area contributed by atoms with Crippen molar-refractivity contribution in [3.63, 3.8) is 0 Å². The fraction of sp³-hybridized carbons (Fsp3) is 0.0333. The van der Waals surface area contributed by atoms with Gasteiger partial charge in [0.05, 0.1) is 16.4 Å². The van der Waals surface area contributed by atoms with Crippen molar-refractivity contribution in [1.82, 2.24) is 9.38 Å². The van der Waals surface area contributed by atoms with Gasteiger partial charge in [0.1, 0.15) is 10.3 Å². The summed E-state index contributed by atoms with van der Waals surface area (Å²) >= 11 is 3.60. The minimum atomic E-state index is -0.399. The van der Waals surface area contributed by atoms with Crippen molar-refractivity contribution in [1.29, 1.82) is 0 Å². The lowest BCUT2D eigenvalue weighted by atomic mass is 9.66. The maximum Gasteiger partial charge on any atom is 0.146 e. The van der Waals surface area contributed by atoms with Crippen molar-refractivity contribution in [3.8, 4) is 0 Å². The molecule has 0 bridgehead atoms. The molecule has 0 saturated heterocycles. The van der Waals surface area contributed by atoms with Gasteiger partial charge in [0, 0.05) is 16.3 Å². The average molecular weight is 487 g/mol. The zero-order chi connectivity index (χ0) is 22.0. The molecular formula is C30H19BrN2. The van der Waals surface area contributed by atoms with Crippen molar-refractivity contribution < 1.29 is 0 Å². The van der Waals surface area contributed by atoms with Crippen molar-refractivity contribution in [2.24, 2.45) is 0 Å². The first-order valence-corrected chi connectivity index (χ1v) is 11.9. The highest BCUT2D eigenvalue weighted by atomic mass is 79.9. The molecule has 33 heavy (non-hydrogen) atoms.